The maximum Gasteiger partial charge on any atom is 0.303 e. The Morgan fingerprint density at radius 3 is 2.67 bits per heavy atom. The van der Waals surface area contributed by atoms with Crippen LogP contribution in [0.25, 0.3) is 0 Å². The molecule has 0 aliphatic rings. The Kier molecular flexibility index (Phi) is 6.78. The maximum absolute atomic E-state index is 13.4. The fourth-order valence-electron chi connectivity index (χ4n) is 1.89. The van der Waals surface area contributed by atoms with Gasteiger partial charge in [-0.25, -0.2) is 8.78 Å². The first-order valence-electron chi connectivity index (χ1n) is 6.81. The average Bonchev–Trinajstić information content (AvgIpc) is 2.41. The van der Waals surface area contributed by atoms with E-state index in [1.807, 2.05) is 6.92 Å². The first kappa shape index (κ1) is 17.1. The maximum atomic E-state index is 13.4. The van der Waals surface area contributed by atoms with Gasteiger partial charge in [0, 0.05) is 18.5 Å². The van der Waals surface area contributed by atoms with Gasteiger partial charge in [-0.3, -0.25) is 9.59 Å². The molecule has 0 fully saturated rings. The van der Waals surface area contributed by atoms with Crippen LogP contribution >= 0.6 is 0 Å². The molecule has 21 heavy (non-hydrogen) atoms. The number of carbonyl (C=O) groups excluding carboxylic acids is 1. The van der Waals surface area contributed by atoms with Crippen LogP contribution < -0.4 is 5.32 Å². The van der Waals surface area contributed by atoms with Crippen molar-refractivity contribution in [2.24, 2.45) is 5.92 Å². The number of nitrogens with one attached hydrogen (secondary N) is 1. The Morgan fingerprint density at radius 1 is 1.29 bits per heavy atom. The Balaban J connectivity index is 2.31. The van der Waals surface area contributed by atoms with Gasteiger partial charge in [-0.15, -0.1) is 0 Å². The highest BCUT2D eigenvalue weighted by Gasteiger charge is 2.12. The minimum atomic E-state index is -0.998. The molecule has 2 N–H and O–H groups in total. The zero-order chi connectivity index (χ0) is 15.8. The lowest BCUT2D eigenvalue weighted by Crippen LogP contribution is -2.27. The molecule has 0 radical (unpaired) electrons. The van der Waals surface area contributed by atoms with Gasteiger partial charge in [-0.1, -0.05) is 19.1 Å². The fraction of sp³-hybridized carbons (Fsp3) is 0.467. The zero-order valence-electron chi connectivity index (χ0n) is 11.9. The van der Waals surface area contributed by atoms with Crippen molar-refractivity contribution < 1.29 is 23.5 Å². The van der Waals surface area contributed by atoms with Crippen molar-refractivity contribution in [3.63, 3.8) is 0 Å². The number of benzene rings is 1. The van der Waals surface area contributed by atoms with Crippen molar-refractivity contribution in [1.82, 2.24) is 5.32 Å². The van der Waals surface area contributed by atoms with Gasteiger partial charge in [0.2, 0.25) is 5.91 Å². The Bertz CT molecular complexity index is 506. The van der Waals surface area contributed by atoms with Crippen LogP contribution in [-0.4, -0.2) is 23.5 Å². The molecule has 6 heteroatoms. The van der Waals surface area contributed by atoms with Gasteiger partial charge in [-0.2, -0.15) is 0 Å². The molecule has 4 nitrogen and oxygen atoms in total. The summed E-state index contributed by atoms with van der Waals surface area (Å²) in [6.07, 6.45) is 1.07. The number of hydrogen-bond acceptors (Lipinski definition) is 2. The predicted molar refractivity (Wildman–Crippen MR) is 73.7 cm³/mol. The summed E-state index contributed by atoms with van der Waals surface area (Å²) < 4.78 is 26.4. The van der Waals surface area contributed by atoms with Crippen molar-refractivity contribution in [1.29, 1.82) is 0 Å². The molecule has 1 aromatic carbocycles. The zero-order valence-corrected chi connectivity index (χ0v) is 11.9. The largest absolute Gasteiger partial charge is 0.481 e. The van der Waals surface area contributed by atoms with Crippen LogP contribution in [0.5, 0.6) is 0 Å². The van der Waals surface area contributed by atoms with E-state index in [0.717, 1.165) is 6.07 Å². The Morgan fingerprint density at radius 2 is 2.00 bits per heavy atom. The minimum absolute atomic E-state index is 0.0198. The van der Waals surface area contributed by atoms with Crippen LogP contribution in [0.15, 0.2) is 18.2 Å². The second-order valence-corrected chi connectivity index (χ2v) is 5.07. The molecule has 1 amide bonds. The molecular weight excluding hydrogens is 280 g/mol. The molecule has 0 saturated heterocycles. The van der Waals surface area contributed by atoms with Crippen LogP contribution in [-0.2, 0) is 16.0 Å². The highest BCUT2D eigenvalue weighted by molar-refractivity contribution is 5.78. The number of carboxylic acids is 1. The van der Waals surface area contributed by atoms with Gasteiger partial charge in [0.1, 0.15) is 0 Å². The Hall–Kier alpha value is -1.98. The van der Waals surface area contributed by atoms with E-state index < -0.39 is 17.6 Å². The smallest absolute Gasteiger partial charge is 0.303 e. The molecule has 1 aromatic rings. The predicted octanol–water partition coefficient (Wildman–Crippen LogP) is 2.51. The molecule has 0 saturated carbocycles. The first-order valence-corrected chi connectivity index (χ1v) is 6.81. The van der Waals surface area contributed by atoms with Crippen LogP contribution in [0.3, 0.4) is 0 Å². The molecule has 116 valence electrons. The van der Waals surface area contributed by atoms with Crippen molar-refractivity contribution >= 4 is 11.9 Å². The lowest BCUT2D eigenvalue weighted by molar-refractivity contribution is -0.137. The summed E-state index contributed by atoms with van der Waals surface area (Å²) in [5.74, 6) is -3.02. The van der Waals surface area contributed by atoms with Crippen LogP contribution in [0.1, 0.15) is 31.7 Å². The monoisotopic (exact) mass is 299 g/mol. The molecule has 1 unspecified atom stereocenters. The molecule has 0 spiro atoms. The Labute approximate surface area is 122 Å². The molecule has 0 aliphatic heterocycles. The molecule has 0 heterocycles. The van der Waals surface area contributed by atoms with Crippen LogP contribution in [0, 0.1) is 17.6 Å². The third kappa shape index (κ3) is 6.33. The van der Waals surface area contributed by atoms with E-state index in [1.54, 1.807) is 0 Å². The number of carboxylic acid groups (broad SMARTS) is 1. The molecule has 0 aromatic heterocycles. The summed E-state index contributed by atoms with van der Waals surface area (Å²) in [6.45, 7) is 2.29. The number of rotatable bonds is 8. The third-order valence-corrected chi connectivity index (χ3v) is 3.19. The second-order valence-electron chi connectivity index (χ2n) is 5.07. The number of hydrogen-bond donors (Lipinski definition) is 2. The lowest BCUT2D eigenvalue weighted by Gasteiger charge is -2.11. The summed E-state index contributed by atoms with van der Waals surface area (Å²) in [5.41, 5.74) is 0.0198. The summed E-state index contributed by atoms with van der Waals surface area (Å²) >= 11 is 0. The standard InChI is InChI=1S/C15H19F2NO3/c1-10(5-6-14(20)21)7-8-18-13(19)9-11-3-2-4-12(16)15(11)17/h2-4,10H,5-9H2,1H3,(H,18,19)(H,20,21). The van der Waals surface area contributed by atoms with Crippen molar-refractivity contribution in [3.8, 4) is 0 Å². The minimum Gasteiger partial charge on any atom is -0.481 e. The SMILES string of the molecule is CC(CCNC(=O)Cc1cccc(F)c1F)CCC(=O)O. The van der Waals surface area contributed by atoms with E-state index in [-0.39, 0.29) is 30.2 Å². The second kappa shape index (κ2) is 8.34. The topological polar surface area (TPSA) is 66.4 Å². The highest BCUT2D eigenvalue weighted by atomic mass is 19.2. The number of aliphatic carboxylic acids is 1. The van der Waals surface area contributed by atoms with E-state index in [4.69, 9.17) is 5.11 Å². The highest BCUT2D eigenvalue weighted by Crippen LogP contribution is 2.12. The molecule has 0 bridgehead atoms. The van der Waals surface area contributed by atoms with Crippen LogP contribution in [0.2, 0.25) is 0 Å². The lowest BCUT2D eigenvalue weighted by atomic mass is 10.0. The number of carbonyl (C=O) groups is 2. The number of halogens is 2. The van der Waals surface area contributed by atoms with E-state index in [2.05, 4.69) is 5.32 Å². The van der Waals surface area contributed by atoms with E-state index >= 15 is 0 Å². The summed E-state index contributed by atoms with van der Waals surface area (Å²) in [7, 11) is 0. The summed E-state index contributed by atoms with van der Waals surface area (Å²) in [4.78, 5) is 22.0. The molecule has 1 atom stereocenters. The van der Waals surface area contributed by atoms with Crippen molar-refractivity contribution in [3.05, 3.63) is 35.4 Å². The number of amides is 1. The van der Waals surface area contributed by atoms with E-state index in [0.29, 0.717) is 19.4 Å². The first-order chi connectivity index (χ1) is 9.90. The molecule has 1 rings (SSSR count). The quantitative estimate of drug-likeness (QED) is 0.775. The van der Waals surface area contributed by atoms with Gasteiger partial charge in [0.15, 0.2) is 11.6 Å². The van der Waals surface area contributed by atoms with E-state index in [1.165, 1.54) is 12.1 Å². The van der Waals surface area contributed by atoms with Crippen LogP contribution in [0.4, 0.5) is 8.78 Å². The third-order valence-electron chi connectivity index (χ3n) is 3.19. The fourth-order valence-corrected chi connectivity index (χ4v) is 1.89. The summed E-state index contributed by atoms with van der Waals surface area (Å²) in [5, 5.41) is 11.2. The average molecular weight is 299 g/mol. The van der Waals surface area contributed by atoms with Gasteiger partial charge < -0.3 is 10.4 Å². The van der Waals surface area contributed by atoms with E-state index in [9.17, 15) is 18.4 Å². The van der Waals surface area contributed by atoms with Crippen molar-refractivity contribution in [2.75, 3.05) is 6.54 Å². The molecular formula is C15H19F2NO3. The van der Waals surface area contributed by atoms with Crippen molar-refractivity contribution in [2.45, 2.75) is 32.6 Å². The van der Waals surface area contributed by atoms with Gasteiger partial charge in [0.25, 0.3) is 0 Å². The normalized spacial score (nSPS) is 12.0. The van der Waals surface area contributed by atoms with Gasteiger partial charge in [-0.05, 0) is 24.8 Å². The summed E-state index contributed by atoms with van der Waals surface area (Å²) in [6, 6.07) is 3.73. The van der Waals surface area contributed by atoms with Gasteiger partial charge in [0.05, 0.1) is 6.42 Å². The van der Waals surface area contributed by atoms with Gasteiger partial charge >= 0.3 is 5.97 Å². The molecule has 0 aliphatic carbocycles.